The molecule has 0 amide bonds. The Morgan fingerprint density at radius 3 is 2.43 bits per heavy atom. The summed E-state index contributed by atoms with van der Waals surface area (Å²) in [7, 11) is 0. The smallest absolute Gasteiger partial charge is 0.0318 e. The van der Waals surface area contributed by atoms with E-state index in [1.165, 1.54) is 57.2 Å². The fourth-order valence-electron chi connectivity index (χ4n) is 4.13. The maximum Gasteiger partial charge on any atom is 0.0318 e. The number of benzene rings is 1. The highest BCUT2D eigenvalue weighted by molar-refractivity contribution is 9.10. The first-order valence-corrected chi connectivity index (χ1v) is 9.20. The third-order valence-electron chi connectivity index (χ3n) is 5.64. The summed E-state index contributed by atoms with van der Waals surface area (Å²) in [6, 6.07) is 8.48. The van der Waals surface area contributed by atoms with Crippen LogP contribution in [0.4, 0.5) is 0 Å². The quantitative estimate of drug-likeness (QED) is 0.866. The molecule has 21 heavy (non-hydrogen) atoms. The molecule has 1 saturated heterocycles. The SMILES string of the molecule is NC(CCN1CCC2(CCCC2)CC1)c1ccccc1Br. The van der Waals surface area contributed by atoms with Gasteiger partial charge in [0.25, 0.3) is 0 Å². The second-order valence-corrected chi connectivity index (χ2v) is 7.82. The number of halogens is 1. The molecule has 2 N–H and O–H groups in total. The highest BCUT2D eigenvalue weighted by Crippen LogP contribution is 2.46. The van der Waals surface area contributed by atoms with E-state index in [9.17, 15) is 0 Å². The van der Waals surface area contributed by atoms with Crippen LogP contribution >= 0.6 is 15.9 Å². The van der Waals surface area contributed by atoms with Crippen LogP contribution in [0.2, 0.25) is 0 Å². The molecule has 1 aromatic carbocycles. The first-order valence-electron chi connectivity index (χ1n) is 8.41. The molecule has 1 saturated carbocycles. The second-order valence-electron chi connectivity index (χ2n) is 6.97. The fourth-order valence-corrected chi connectivity index (χ4v) is 4.71. The van der Waals surface area contributed by atoms with Crippen LogP contribution in [0.5, 0.6) is 0 Å². The Labute approximate surface area is 137 Å². The number of nitrogens with zero attached hydrogens (tertiary/aromatic N) is 1. The summed E-state index contributed by atoms with van der Waals surface area (Å²) in [6.07, 6.45) is 9.78. The lowest BCUT2D eigenvalue weighted by Crippen LogP contribution is -2.39. The van der Waals surface area contributed by atoms with Crippen LogP contribution in [0.15, 0.2) is 28.7 Å². The number of hydrogen-bond donors (Lipinski definition) is 1. The minimum absolute atomic E-state index is 0.142. The summed E-state index contributed by atoms with van der Waals surface area (Å²) in [6.45, 7) is 3.70. The lowest BCUT2D eigenvalue weighted by Gasteiger charge is -2.39. The second kappa shape index (κ2) is 6.80. The fraction of sp³-hybridized carbons (Fsp3) is 0.667. The number of rotatable bonds is 4. The first-order chi connectivity index (χ1) is 10.2. The van der Waals surface area contributed by atoms with Gasteiger partial charge in [0.15, 0.2) is 0 Å². The molecule has 1 heterocycles. The molecule has 1 spiro atoms. The lowest BCUT2D eigenvalue weighted by atomic mass is 9.77. The third-order valence-corrected chi connectivity index (χ3v) is 6.36. The van der Waals surface area contributed by atoms with Crippen molar-refractivity contribution in [3.8, 4) is 0 Å². The summed E-state index contributed by atoms with van der Waals surface area (Å²) in [4.78, 5) is 2.63. The summed E-state index contributed by atoms with van der Waals surface area (Å²) < 4.78 is 1.14. The topological polar surface area (TPSA) is 29.3 Å². The summed E-state index contributed by atoms with van der Waals surface area (Å²) in [5.74, 6) is 0. The number of piperidine rings is 1. The van der Waals surface area contributed by atoms with Gasteiger partial charge in [-0.1, -0.05) is 47.0 Å². The average molecular weight is 351 g/mol. The van der Waals surface area contributed by atoms with Crippen LogP contribution in [0.1, 0.15) is 56.6 Å². The van der Waals surface area contributed by atoms with Gasteiger partial charge in [-0.05, 0) is 68.8 Å². The highest BCUT2D eigenvalue weighted by atomic mass is 79.9. The number of likely N-dealkylation sites (tertiary alicyclic amines) is 1. The maximum absolute atomic E-state index is 6.37. The monoisotopic (exact) mass is 350 g/mol. The van der Waals surface area contributed by atoms with Crippen molar-refractivity contribution in [2.24, 2.45) is 11.1 Å². The molecular weight excluding hydrogens is 324 g/mol. The molecule has 1 aromatic rings. The summed E-state index contributed by atoms with van der Waals surface area (Å²) >= 11 is 3.61. The van der Waals surface area contributed by atoms with Crippen molar-refractivity contribution in [1.82, 2.24) is 4.90 Å². The van der Waals surface area contributed by atoms with Gasteiger partial charge < -0.3 is 10.6 Å². The Morgan fingerprint density at radius 1 is 1.10 bits per heavy atom. The van der Waals surface area contributed by atoms with Gasteiger partial charge in [-0.2, -0.15) is 0 Å². The molecule has 1 unspecified atom stereocenters. The molecule has 3 rings (SSSR count). The van der Waals surface area contributed by atoms with E-state index in [0.717, 1.165) is 22.9 Å². The Hall–Kier alpha value is -0.380. The molecule has 1 aliphatic carbocycles. The highest BCUT2D eigenvalue weighted by Gasteiger charge is 2.36. The number of hydrogen-bond acceptors (Lipinski definition) is 2. The third kappa shape index (κ3) is 3.69. The van der Waals surface area contributed by atoms with E-state index in [1.54, 1.807) is 0 Å². The van der Waals surface area contributed by atoms with Gasteiger partial charge in [0.2, 0.25) is 0 Å². The molecule has 116 valence electrons. The van der Waals surface area contributed by atoms with Crippen molar-refractivity contribution in [3.63, 3.8) is 0 Å². The molecule has 1 aliphatic heterocycles. The standard InChI is InChI=1S/C18H27BrN2/c19-16-6-2-1-5-15(16)17(20)7-12-21-13-10-18(11-14-21)8-3-4-9-18/h1-2,5-6,17H,3-4,7-14,20H2. The van der Waals surface area contributed by atoms with Crippen LogP contribution in [-0.2, 0) is 0 Å². The Morgan fingerprint density at radius 2 is 1.76 bits per heavy atom. The average Bonchev–Trinajstić information content (AvgIpc) is 2.95. The van der Waals surface area contributed by atoms with Crippen LogP contribution in [0.25, 0.3) is 0 Å². The van der Waals surface area contributed by atoms with Crippen molar-refractivity contribution in [3.05, 3.63) is 34.3 Å². The molecule has 2 fully saturated rings. The number of nitrogens with two attached hydrogens (primary N) is 1. The Kier molecular flexibility index (Phi) is 5.03. The van der Waals surface area contributed by atoms with Gasteiger partial charge in [0.1, 0.15) is 0 Å². The van der Waals surface area contributed by atoms with Crippen LogP contribution < -0.4 is 5.73 Å². The van der Waals surface area contributed by atoms with Crippen molar-refractivity contribution >= 4 is 15.9 Å². The lowest BCUT2D eigenvalue weighted by molar-refractivity contribution is 0.106. The van der Waals surface area contributed by atoms with E-state index in [1.807, 2.05) is 6.07 Å². The molecule has 0 aromatic heterocycles. The van der Waals surface area contributed by atoms with Crippen molar-refractivity contribution in [1.29, 1.82) is 0 Å². The minimum atomic E-state index is 0.142. The van der Waals surface area contributed by atoms with E-state index < -0.39 is 0 Å². The van der Waals surface area contributed by atoms with E-state index in [-0.39, 0.29) is 6.04 Å². The zero-order valence-electron chi connectivity index (χ0n) is 12.9. The molecule has 3 heteroatoms. The molecule has 1 atom stereocenters. The Bertz CT molecular complexity index is 458. The maximum atomic E-state index is 6.37. The van der Waals surface area contributed by atoms with Crippen molar-refractivity contribution in [2.45, 2.75) is 51.0 Å². The molecule has 2 aliphatic rings. The van der Waals surface area contributed by atoms with Crippen molar-refractivity contribution in [2.75, 3.05) is 19.6 Å². The molecule has 0 bridgehead atoms. The van der Waals surface area contributed by atoms with Crippen LogP contribution in [-0.4, -0.2) is 24.5 Å². The molecular formula is C18H27BrN2. The van der Waals surface area contributed by atoms with Crippen LogP contribution in [0.3, 0.4) is 0 Å². The zero-order valence-corrected chi connectivity index (χ0v) is 14.4. The van der Waals surface area contributed by atoms with Gasteiger partial charge in [0.05, 0.1) is 0 Å². The van der Waals surface area contributed by atoms with Gasteiger partial charge in [-0.25, -0.2) is 0 Å². The first kappa shape index (κ1) is 15.5. The van der Waals surface area contributed by atoms with E-state index in [4.69, 9.17) is 5.73 Å². The molecule has 2 nitrogen and oxygen atoms in total. The van der Waals surface area contributed by atoms with E-state index >= 15 is 0 Å². The predicted octanol–water partition coefficient (Wildman–Crippen LogP) is 4.50. The van der Waals surface area contributed by atoms with Crippen molar-refractivity contribution < 1.29 is 0 Å². The van der Waals surface area contributed by atoms with Gasteiger partial charge in [0, 0.05) is 10.5 Å². The largest absolute Gasteiger partial charge is 0.324 e. The minimum Gasteiger partial charge on any atom is -0.324 e. The molecule has 0 radical (unpaired) electrons. The summed E-state index contributed by atoms with van der Waals surface area (Å²) in [5, 5.41) is 0. The normalized spacial score (nSPS) is 23.5. The predicted molar refractivity (Wildman–Crippen MR) is 92.3 cm³/mol. The van der Waals surface area contributed by atoms with Gasteiger partial charge >= 0.3 is 0 Å². The van der Waals surface area contributed by atoms with Gasteiger partial charge in [-0.3, -0.25) is 0 Å². The zero-order chi connectivity index (χ0) is 14.7. The summed E-state index contributed by atoms with van der Waals surface area (Å²) in [5.41, 5.74) is 8.33. The van der Waals surface area contributed by atoms with Gasteiger partial charge in [-0.15, -0.1) is 0 Å². The Balaban J connectivity index is 1.47. The van der Waals surface area contributed by atoms with Crippen LogP contribution in [0, 0.1) is 5.41 Å². The van der Waals surface area contributed by atoms with E-state index in [0.29, 0.717) is 0 Å². The van der Waals surface area contributed by atoms with E-state index in [2.05, 4.69) is 39.0 Å².